The highest BCUT2D eigenvalue weighted by atomic mass is 127. The summed E-state index contributed by atoms with van der Waals surface area (Å²) in [6.45, 7) is 0. The van der Waals surface area contributed by atoms with Crippen molar-refractivity contribution in [3.63, 3.8) is 0 Å². The molecule has 0 N–H and O–H groups in total. The second kappa shape index (κ2) is 3.77. The fourth-order valence-corrected chi connectivity index (χ4v) is 1.79. The second-order valence-corrected chi connectivity index (χ2v) is 4.85. The Kier molecular flexibility index (Phi) is 2.69. The van der Waals surface area contributed by atoms with E-state index in [2.05, 4.69) is 46.9 Å². The normalized spacial score (nSPS) is 16.4. The van der Waals surface area contributed by atoms with E-state index >= 15 is 0 Å². The van der Waals surface area contributed by atoms with E-state index in [1.807, 2.05) is 0 Å². The Balaban J connectivity index is 1.89. The molecule has 0 unspecified atom stereocenters. The molecule has 1 fully saturated rings. The van der Waals surface area contributed by atoms with E-state index in [-0.39, 0.29) is 0 Å². The Bertz CT molecular complexity index is 246. The molecule has 12 heavy (non-hydrogen) atoms. The van der Waals surface area contributed by atoms with Crippen molar-refractivity contribution < 1.29 is 0 Å². The molecule has 0 radical (unpaired) electrons. The first-order valence-electron chi connectivity index (χ1n) is 4.59. The summed E-state index contributed by atoms with van der Waals surface area (Å²) in [6, 6.07) is 8.90. The number of hydrogen-bond acceptors (Lipinski definition) is 0. The third-order valence-electron chi connectivity index (χ3n) is 2.45. The maximum absolute atomic E-state index is 2.35. The van der Waals surface area contributed by atoms with Crippen molar-refractivity contribution in [2.45, 2.75) is 25.7 Å². The van der Waals surface area contributed by atoms with Crippen molar-refractivity contribution in [2.75, 3.05) is 0 Å². The van der Waals surface area contributed by atoms with Crippen molar-refractivity contribution in [1.29, 1.82) is 0 Å². The molecule has 0 aromatic heterocycles. The first kappa shape index (κ1) is 8.54. The molecule has 0 spiro atoms. The quantitative estimate of drug-likeness (QED) is 0.737. The standard InChI is InChI=1S/C11H13I/c12-11-7-5-10(6-8-11)4-3-9-1-2-9/h5-9H,1-4H2. The molecule has 1 aromatic carbocycles. The first-order chi connectivity index (χ1) is 5.84. The van der Waals surface area contributed by atoms with Gasteiger partial charge >= 0.3 is 0 Å². The lowest BCUT2D eigenvalue weighted by Gasteiger charge is -1.99. The van der Waals surface area contributed by atoms with E-state index in [9.17, 15) is 0 Å². The molecule has 1 heteroatoms. The van der Waals surface area contributed by atoms with Crippen LogP contribution in [0.5, 0.6) is 0 Å². The van der Waals surface area contributed by atoms with E-state index in [0.717, 1.165) is 5.92 Å². The summed E-state index contributed by atoms with van der Waals surface area (Å²) in [6.07, 6.45) is 5.64. The highest BCUT2D eigenvalue weighted by molar-refractivity contribution is 14.1. The van der Waals surface area contributed by atoms with Crippen molar-refractivity contribution in [1.82, 2.24) is 0 Å². The lowest BCUT2D eigenvalue weighted by atomic mass is 10.1. The van der Waals surface area contributed by atoms with E-state index in [0.29, 0.717) is 0 Å². The molecule has 0 bridgehead atoms. The molecule has 64 valence electrons. The van der Waals surface area contributed by atoms with Gasteiger partial charge in [-0.15, -0.1) is 0 Å². The number of aryl methyl sites for hydroxylation is 1. The minimum absolute atomic E-state index is 1.06. The monoisotopic (exact) mass is 272 g/mol. The van der Waals surface area contributed by atoms with Crippen LogP contribution in [0.4, 0.5) is 0 Å². The zero-order valence-corrected chi connectivity index (χ0v) is 9.25. The van der Waals surface area contributed by atoms with E-state index in [1.165, 1.54) is 34.8 Å². The van der Waals surface area contributed by atoms with Crippen molar-refractivity contribution in [3.8, 4) is 0 Å². The SMILES string of the molecule is Ic1ccc(CCC2CC2)cc1. The van der Waals surface area contributed by atoms with Gasteiger partial charge in [-0.3, -0.25) is 0 Å². The summed E-state index contributed by atoms with van der Waals surface area (Å²) < 4.78 is 1.34. The highest BCUT2D eigenvalue weighted by Crippen LogP contribution is 2.33. The van der Waals surface area contributed by atoms with Gasteiger partial charge in [0.25, 0.3) is 0 Å². The average Bonchev–Trinajstić information content (AvgIpc) is 2.87. The van der Waals surface area contributed by atoms with E-state index in [1.54, 1.807) is 0 Å². The van der Waals surface area contributed by atoms with Gasteiger partial charge in [0, 0.05) is 3.57 Å². The molecule has 0 heterocycles. The molecule has 0 atom stereocenters. The van der Waals surface area contributed by atoms with E-state index < -0.39 is 0 Å². The molecule has 0 nitrogen and oxygen atoms in total. The van der Waals surface area contributed by atoms with Crippen molar-refractivity contribution in [3.05, 3.63) is 33.4 Å². The van der Waals surface area contributed by atoms with Gasteiger partial charge in [0.05, 0.1) is 0 Å². The van der Waals surface area contributed by atoms with Gasteiger partial charge in [0.15, 0.2) is 0 Å². The molecular formula is C11H13I. The van der Waals surface area contributed by atoms with Gasteiger partial charge in [0.1, 0.15) is 0 Å². The van der Waals surface area contributed by atoms with Crippen LogP contribution in [-0.2, 0) is 6.42 Å². The molecule has 1 aliphatic rings. The minimum Gasteiger partial charge on any atom is -0.0580 e. The number of rotatable bonds is 3. The Morgan fingerprint density at radius 3 is 2.42 bits per heavy atom. The maximum Gasteiger partial charge on any atom is 0.0130 e. The molecule has 0 amide bonds. The van der Waals surface area contributed by atoms with Gasteiger partial charge in [-0.25, -0.2) is 0 Å². The Morgan fingerprint density at radius 2 is 1.83 bits per heavy atom. The van der Waals surface area contributed by atoms with Crippen LogP contribution in [-0.4, -0.2) is 0 Å². The third-order valence-corrected chi connectivity index (χ3v) is 3.17. The first-order valence-corrected chi connectivity index (χ1v) is 5.67. The fraction of sp³-hybridized carbons (Fsp3) is 0.455. The van der Waals surface area contributed by atoms with Gasteiger partial charge < -0.3 is 0 Å². The molecule has 1 aromatic rings. The maximum atomic E-state index is 2.35. The zero-order chi connectivity index (χ0) is 8.39. The molecule has 2 rings (SSSR count). The van der Waals surface area contributed by atoms with Crippen molar-refractivity contribution in [2.24, 2.45) is 5.92 Å². The predicted octanol–water partition coefficient (Wildman–Crippen LogP) is 3.63. The van der Waals surface area contributed by atoms with Crippen molar-refractivity contribution >= 4 is 22.6 Å². The van der Waals surface area contributed by atoms with Crippen LogP contribution in [0.15, 0.2) is 24.3 Å². The van der Waals surface area contributed by atoms with Gasteiger partial charge in [-0.05, 0) is 59.0 Å². The summed E-state index contributed by atoms with van der Waals surface area (Å²) in [5.74, 6) is 1.06. The Labute approximate surface area is 87.5 Å². The lowest BCUT2D eigenvalue weighted by molar-refractivity contribution is 0.727. The van der Waals surface area contributed by atoms with Crippen LogP contribution in [0.1, 0.15) is 24.8 Å². The Hall–Kier alpha value is -0.0500. The smallest absolute Gasteiger partial charge is 0.0130 e. The largest absolute Gasteiger partial charge is 0.0580 e. The fourth-order valence-electron chi connectivity index (χ4n) is 1.43. The zero-order valence-electron chi connectivity index (χ0n) is 7.09. The van der Waals surface area contributed by atoms with Crippen LogP contribution >= 0.6 is 22.6 Å². The molecule has 0 aliphatic heterocycles. The Morgan fingerprint density at radius 1 is 1.17 bits per heavy atom. The lowest BCUT2D eigenvalue weighted by Crippen LogP contribution is -1.86. The van der Waals surface area contributed by atoms with Crippen LogP contribution in [0.3, 0.4) is 0 Å². The molecule has 1 aliphatic carbocycles. The second-order valence-electron chi connectivity index (χ2n) is 3.61. The van der Waals surface area contributed by atoms with Gasteiger partial charge in [-0.1, -0.05) is 25.0 Å². The number of benzene rings is 1. The van der Waals surface area contributed by atoms with Crippen LogP contribution in [0, 0.1) is 9.49 Å². The molecule has 1 saturated carbocycles. The third kappa shape index (κ3) is 2.47. The van der Waals surface area contributed by atoms with Crippen LogP contribution < -0.4 is 0 Å². The van der Waals surface area contributed by atoms with Gasteiger partial charge in [0.2, 0.25) is 0 Å². The number of hydrogen-bond donors (Lipinski definition) is 0. The van der Waals surface area contributed by atoms with Crippen LogP contribution in [0.25, 0.3) is 0 Å². The molecular weight excluding hydrogens is 259 g/mol. The average molecular weight is 272 g/mol. The van der Waals surface area contributed by atoms with Gasteiger partial charge in [-0.2, -0.15) is 0 Å². The summed E-state index contributed by atoms with van der Waals surface area (Å²) in [5, 5.41) is 0. The summed E-state index contributed by atoms with van der Waals surface area (Å²) >= 11 is 2.35. The summed E-state index contributed by atoms with van der Waals surface area (Å²) in [5.41, 5.74) is 1.50. The van der Waals surface area contributed by atoms with Crippen LogP contribution in [0.2, 0.25) is 0 Å². The predicted molar refractivity (Wildman–Crippen MR) is 60.2 cm³/mol. The summed E-state index contributed by atoms with van der Waals surface area (Å²) in [7, 11) is 0. The summed E-state index contributed by atoms with van der Waals surface area (Å²) in [4.78, 5) is 0. The highest BCUT2D eigenvalue weighted by Gasteiger charge is 2.20. The van der Waals surface area contributed by atoms with E-state index in [4.69, 9.17) is 0 Å². The topological polar surface area (TPSA) is 0 Å². The number of halogens is 1. The molecule has 0 saturated heterocycles. The minimum atomic E-state index is 1.06.